The number of hydrogen-bond donors (Lipinski definition) is 1. The summed E-state index contributed by atoms with van der Waals surface area (Å²) < 4.78 is 20.1. The number of halogens is 3. The van der Waals surface area contributed by atoms with Crippen LogP contribution in [0.15, 0.2) is 48.7 Å². The maximum atomic E-state index is 14.1. The van der Waals surface area contributed by atoms with Crippen molar-refractivity contribution in [2.75, 3.05) is 11.4 Å². The molecule has 2 aromatic carbocycles. The summed E-state index contributed by atoms with van der Waals surface area (Å²) in [6.07, 6.45) is 2.56. The number of H-pyrrole nitrogens is 1. The zero-order chi connectivity index (χ0) is 22.1. The van der Waals surface area contributed by atoms with E-state index in [1.165, 1.54) is 6.07 Å². The maximum absolute atomic E-state index is 14.1. The van der Waals surface area contributed by atoms with Gasteiger partial charge in [-0.3, -0.25) is 0 Å². The van der Waals surface area contributed by atoms with Gasteiger partial charge < -0.3 is 9.64 Å². The van der Waals surface area contributed by atoms with E-state index in [0.29, 0.717) is 33.7 Å². The van der Waals surface area contributed by atoms with Gasteiger partial charge in [0.05, 0.1) is 0 Å². The van der Waals surface area contributed by atoms with Gasteiger partial charge in [0, 0.05) is 51.6 Å². The average Bonchev–Trinajstić information content (AvgIpc) is 3.45. The first-order chi connectivity index (χ1) is 15.6. The Bertz CT molecular complexity index is 1270. The van der Waals surface area contributed by atoms with Crippen molar-refractivity contribution in [3.63, 3.8) is 0 Å². The van der Waals surface area contributed by atoms with Crippen LogP contribution in [0.4, 0.5) is 10.2 Å². The Morgan fingerprint density at radius 1 is 1.06 bits per heavy atom. The van der Waals surface area contributed by atoms with Gasteiger partial charge in [0.2, 0.25) is 0 Å². The summed E-state index contributed by atoms with van der Waals surface area (Å²) in [5.74, 6) is 1.71. The van der Waals surface area contributed by atoms with E-state index in [4.69, 9.17) is 27.9 Å². The molecule has 0 radical (unpaired) electrons. The van der Waals surface area contributed by atoms with Crippen LogP contribution in [-0.2, 0) is 19.6 Å². The van der Waals surface area contributed by atoms with E-state index in [1.807, 2.05) is 12.1 Å². The molecule has 0 spiro atoms. The summed E-state index contributed by atoms with van der Waals surface area (Å²) in [5, 5.41) is 15.1. The van der Waals surface area contributed by atoms with Crippen molar-refractivity contribution in [1.82, 2.24) is 25.6 Å². The van der Waals surface area contributed by atoms with E-state index in [-0.39, 0.29) is 36.2 Å². The van der Waals surface area contributed by atoms with Crippen molar-refractivity contribution in [3.05, 3.63) is 81.2 Å². The Balaban J connectivity index is 0.00000259. The second-order valence-electron chi connectivity index (χ2n) is 7.36. The molecule has 0 saturated heterocycles. The third kappa shape index (κ3) is 5.15. The van der Waals surface area contributed by atoms with Gasteiger partial charge in [-0.05, 0) is 53.2 Å². The molecular weight excluding hydrogens is 477 g/mol. The van der Waals surface area contributed by atoms with Gasteiger partial charge in [0.1, 0.15) is 24.0 Å². The minimum atomic E-state index is -0.403. The molecule has 0 amide bonds. The SMILES string of the molecule is Fc1cc(Cl)ccc1COc1ccc(Cl)cc1CN1CCc2c(-c3nnn[nH]3)ccnc21.[NaH]. The summed E-state index contributed by atoms with van der Waals surface area (Å²) in [5.41, 5.74) is 3.32. The number of nitrogens with zero attached hydrogens (tertiary/aromatic N) is 5. The molecule has 0 bridgehead atoms. The Morgan fingerprint density at radius 3 is 2.67 bits per heavy atom. The minimum absolute atomic E-state index is 0. The third-order valence-corrected chi connectivity index (χ3v) is 5.82. The molecule has 164 valence electrons. The van der Waals surface area contributed by atoms with Crippen LogP contribution in [0.5, 0.6) is 5.75 Å². The molecule has 0 unspecified atom stereocenters. The zero-order valence-corrected chi connectivity index (χ0v) is 18.2. The van der Waals surface area contributed by atoms with Crippen LogP contribution in [0, 0.1) is 5.82 Å². The normalized spacial score (nSPS) is 12.4. The van der Waals surface area contributed by atoms with E-state index >= 15 is 0 Å². The molecule has 0 saturated carbocycles. The number of rotatable bonds is 6. The fourth-order valence-electron chi connectivity index (χ4n) is 3.81. The van der Waals surface area contributed by atoms with E-state index < -0.39 is 5.82 Å². The summed E-state index contributed by atoms with van der Waals surface area (Å²) in [4.78, 5) is 6.74. The van der Waals surface area contributed by atoms with E-state index in [1.54, 1.807) is 30.5 Å². The quantitative estimate of drug-likeness (QED) is 0.404. The molecule has 1 aliphatic heterocycles. The number of tetrazole rings is 1. The number of hydrogen-bond acceptors (Lipinski definition) is 6. The summed E-state index contributed by atoms with van der Waals surface area (Å²) in [6, 6.07) is 11.8. The first-order valence-corrected chi connectivity index (χ1v) is 10.7. The van der Waals surface area contributed by atoms with Crippen LogP contribution in [0.3, 0.4) is 0 Å². The van der Waals surface area contributed by atoms with Gasteiger partial charge in [-0.2, -0.15) is 0 Å². The molecule has 11 heteroatoms. The molecular formula is C22H18Cl2FN6NaO. The molecule has 4 aromatic rings. The summed E-state index contributed by atoms with van der Waals surface area (Å²) in [7, 11) is 0. The molecule has 2 aromatic heterocycles. The van der Waals surface area contributed by atoms with Crippen molar-refractivity contribution < 1.29 is 9.13 Å². The number of anilines is 1. The van der Waals surface area contributed by atoms with Crippen molar-refractivity contribution in [2.45, 2.75) is 19.6 Å². The zero-order valence-electron chi connectivity index (χ0n) is 16.7. The predicted octanol–water partition coefficient (Wildman–Crippen LogP) is 4.20. The van der Waals surface area contributed by atoms with Gasteiger partial charge >= 0.3 is 29.6 Å². The Kier molecular flexibility index (Phi) is 7.51. The Labute approximate surface area is 221 Å². The van der Waals surface area contributed by atoms with Gasteiger partial charge in [0.25, 0.3) is 0 Å². The molecule has 7 nitrogen and oxygen atoms in total. The standard InChI is InChI=1S/C22H17Cl2FN6O.Na.H/c23-15-3-4-20(32-12-13-1-2-16(24)10-19(13)25)14(9-15)11-31-8-6-18-17(5-7-26-22(18)31)21-27-29-30-28-21;;/h1-5,7,9-10H,6,8,11-12H2,(H,27,28,29,30);;. The van der Waals surface area contributed by atoms with Crippen molar-refractivity contribution in [3.8, 4) is 17.1 Å². The van der Waals surface area contributed by atoms with Crippen molar-refractivity contribution in [1.29, 1.82) is 0 Å². The third-order valence-electron chi connectivity index (χ3n) is 5.35. The fraction of sp³-hybridized carbons (Fsp3) is 0.182. The number of ether oxygens (including phenoxy) is 1. The number of nitrogens with one attached hydrogen (secondary N) is 1. The number of aromatic amines is 1. The predicted molar refractivity (Wildman–Crippen MR) is 127 cm³/mol. The van der Waals surface area contributed by atoms with Crippen LogP contribution in [-0.4, -0.2) is 61.7 Å². The summed E-state index contributed by atoms with van der Waals surface area (Å²) >= 11 is 12.1. The second-order valence-corrected chi connectivity index (χ2v) is 8.23. The molecule has 33 heavy (non-hydrogen) atoms. The molecule has 5 rings (SSSR count). The number of benzene rings is 2. The fourth-order valence-corrected chi connectivity index (χ4v) is 4.17. The van der Waals surface area contributed by atoms with Gasteiger partial charge in [0.15, 0.2) is 5.82 Å². The topological polar surface area (TPSA) is 79.8 Å². The van der Waals surface area contributed by atoms with Crippen LogP contribution >= 0.6 is 23.2 Å². The number of fused-ring (bicyclic) bond motifs is 1. The van der Waals surface area contributed by atoms with Crippen LogP contribution in [0.25, 0.3) is 11.4 Å². The van der Waals surface area contributed by atoms with Crippen molar-refractivity contribution >= 4 is 58.6 Å². The summed E-state index contributed by atoms with van der Waals surface area (Å²) in [6.45, 7) is 1.39. The van der Waals surface area contributed by atoms with E-state index in [2.05, 4.69) is 30.5 Å². The molecule has 1 N–H and O–H groups in total. The Morgan fingerprint density at radius 2 is 1.88 bits per heavy atom. The van der Waals surface area contributed by atoms with Crippen LogP contribution < -0.4 is 9.64 Å². The first-order valence-electron chi connectivity index (χ1n) is 9.90. The van der Waals surface area contributed by atoms with E-state index in [0.717, 1.165) is 35.5 Å². The molecule has 0 fully saturated rings. The van der Waals surface area contributed by atoms with Crippen molar-refractivity contribution in [2.24, 2.45) is 0 Å². The number of aromatic nitrogens is 5. The van der Waals surface area contributed by atoms with Crippen LogP contribution in [0.1, 0.15) is 16.7 Å². The van der Waals surface area contributed by atoms with Gasteiger partial charge in [-0.1, -0.05) is 29.3 Å². The van der Waals surface area contributed by atoms with E-state index in [9.17, 15) is 4.39 Å². The number of pyridine rings is 1. The molecule has 3 heterocycles. The van der Waals surface area contributed by atoms with Gasteiger partial charge in [-0.25, -0.2) is 14.5 Å². The van der Waals surface area contributed by atoms with Crippen LogP contribution in [0.2, 0.25) is 10.0 Å². The molecule has 1 aliphatic rings. The van der Waals surface area contributed by atoms with Gasteiger partial charge in [-0.15, -0.1) is 5.10 Å². The molecule has 0 atom stereocenters. The monoisotopic (exact) mass is 494 g/mol. The average molecular weight is 495 g/mol. The Hall–Kier alpha value is -2.23. The molecule has 0 aliphatic carbocycles. The first kappa shape index (κ1) is 23.9. The second kappa shape index (κ2) is 10.4.